The molecule has 0 fully saturated rings. The number of allylic oxidation sites excluding steroid dienone is 2. The highest BCUT2D eigenvalue weighted by molar-refractivity contribution is 5.76. The third kappa shape index (κ3) is 1.96. The maximum absolute atomic E-state index is 10.6. The highest BCUT2D eigenvalue weighted by atomic mass is 16.4. The van der Waals surface area contributed by atoms with Crippen LogP contribution in [0, 0.1) is 0 Å². The predicted octanol–water partition coefficient (Wildman–Crippen LogP) is 0.413. The summed E-state index contributed by atoms with van der Waals surface area (Å²) in [6.07, 6.45) is 7.68. The van der Waals surface area contributed by atoms with Crippen LogP contribution in [0.5, 0.6) is 0 Å². The number of hydrogen-bond acceptors (Lipinski definition) is 2. The highest BCUT2D eigenvalue weighted by Gasteiger charge is 2.24. The van der Waals surface area contributed by atoms with E-state index in [0.29, 0.717) is 6.41 Å². The zero-order chi connectivity index (χ0) is 9.84. The third-order valence-electron chi connectivity index (χ3n) is 2.00. The molecular formula is C9H11NO3. The lowest BCUT2D eigenvalue weighted by Gasteiger charge is -2.25. The molecule has 0 radical (unpaired) electrons. The van der Waals surface area contributed by atoms with E-state index in [1.54, 1.807) is 24.3 Å². The van der Waals surface area contributed by atoms with E-state index in [9.17, 15) is 9.59 Å². The van der Waals surface area contributed by atoms with Crippen molar-refractivity contribution in [1.29, 1.82) is 0 Å². The van der Waals surface area contributed by atoms with Crippen LogP contribution in [0.25, 0.3) is 0 Å². The minimum atomic E-state index is -0.999. The Kier molecular flexibility index (Phi) is 2.84. The minimum Gasteiger partial charge on any atom is -0.480 e. The topological polar surface area (TPSA) is 57.6 Å². The highest BCUT2D eigenvalue weighted by Crippen LogP contribution is 2.10. The molecule has 0 unspecified atom stereocenters. The second-order valence-corrected chi connectivity index (χ2v) is 2.83. The maximum atomic E-state index is 10.6. The number of carboxylic acids is 1. The first-order chi connectivity index (χ1) is 6.16. The van der Waals surface area contributed by atoms with Gasteiger partial charge in [0.2, 0.25) is 6.41 Å². The SMILES string of the molecule is C[C@@H](C(=O)O)N(C=O)C1C=CC=C1. The molecule has 0 aromatic rings. The summed E-state index contributed by atoms with van der Waals surface area (Å²) in [6.45, 7) is 1.48. The Morgan fingerprint density at radius 1 is 1.54 bits per heavy atom. The molecule has 1 N–H and O–H groups in total. The van der Waals surface area contributed by atoms with Crippen molar-refractivity contribution in [3.63, 3.8) is 0 Å². The molecule has 1 amide bonds. The molecule has 1 atom stereocenters. The van der Waals surface area contributed by atoms with Gasteiger partial charge in [0.25, 0.3) is 0 Å². The average molecular weight is 181 g/mol. The average Bonchev–Trinajstić information content (AvgIpc) is 2.58. The lowest BCUT2D eigenvalue weighted by Crippen LogP contribution is -2.42. The molecule has 0 heterocycles. The van der Waals surface area contributed by atoms with Gasteiger partial charge in [-0.3, -0.25) is 4.79 Å². The predicted molar refractivity (Wildman–Crippen MR) is 47.1 cm³/mol. The standard InChI is InChI=1S/C9H11NO3/c1-7(9(12)13)10(6-11)8-4-2-3-5-8/h2-8H,1H3,(H,12,13)/t7-/m0/s1. The van der Waals surface area contributed by atoms with Crippen LogP contribution >= 0.6 is 0 Å². The quantitative estimate of drug-likeness (QED) is 0.639. The minimum absolute atomic E-state index is 0.219. The zero-order valence-electron chi connectivity index (χ0n) is 7.25. The fourth-order valence-corrected chi connectivity index (χ4v) is 1.17. The first-order valence-corrected chi connectivity index (χ1v) is 3.97. The van der Waals surface area contributed by atoms with Gasteiger partial charge < -0.3 is 10.0 Å². The van der Waals surface area contributed by atoms with Crippen LogP contribution in [0.4, 0.5) is 0 Å². The van der Waals surface area contributed by atoms with Gasteiger partial charge in [-0.1, -0.05) is 24.3 Å². The number of carbonyl (C=O) groups is 2. The lowest BCUT2D eigenvalue weighted by molar-refractivity contribution is -0.146. The van der Waals surface area contributed by atoms with E-state index < -0.39 is 12.0 Å². The van der Waals surface area contributed by atoms with E-state index in [2.05, 4.69) is 0 Å². The Hall–Kier alpha value is -1.58. The van der Waals surface area contributed by atoms with Crippen molar-refractivity contribution in [2.75, 3.05) is 0 Å². The van der Waals surface area contributed by atoms with Crippen molar-refractivity contribution in [3.05, 3.63) is 24.3 Å². The van der Waals surface area contributed by atoms with Gasteiger partial charge in [-0.15, -0.1) is 0 Å². The van der Waals surface area contributed by atoms with Gasteiger partial charge in [-0.05, 0) is 6.92 Å². The molecule has 0 saturated carbocycles. The summed E-state index contributed by atoms with van der Waals surface area (Å²) in [6, 6.07) is -1.02. The van der Waals surface area contributed by atoms with E-state index in [1.807, 2.05) is 0 Å². The number of rotatable bonds is 4. The van der Waals surface area contributed by atoms with Gasteiger partial charge in [0.1, 0.15) is 6.04 Å². The Morgan fingerprint density at radius 2 is 2.08 bits per heavy atom. The first-order valence-electron chi connectivity index (χ1n) is 3.97. The van der Waals surface area contributed by atoms with Crippen molar-refractivity contribution >= 4 is 12.4 Å². The molecule has 1 aliphatic rings. The van der Waals surface area contributed by atoms with E-state index in [1.165, 1.54) is 11.8 Å². The van der Waals surface area contributed by atoms with Crippen molar-refractivity contribution in [3.8, 4) is 0 Å². The Labute approximate surface area is 76.2 Å². The van der Waals surface area contributed by atoms with Crippen LogP contribution in [0.3, 0.4) is 0 Å². The number of carboxylic acid groups (broad SMARTS) is 1. The summed E-state index contributed by atoms with van der Waals surface area (Å²) in [5.74, 6) is -0.999. The van der Waals surface area contributed by atoms with E-state index in [0.717, 1.165) is 0 Å². The number of aliphatic carboxylic acids is 1. The van der Waals surface area contributed by atoms with Gasteiger partial charge in [-0.25, -0.2) is 4.79 Å². The smallest absolute Gasteiger partial charge is 0.326 e. The number of amides is 1. The molecular weight excluding hydrogens is 170 g/mol. The van der Waals surface area contributed by atoms with E-state index in [4.69, 9.17) is 5.11 Å². The lowest BCUT2D eigenvalue weighted by atomic mass is 10.2. The van der Waals surface area contributed by atoms with Crippen molar-refractivity contribution in [1.82, 2.24) is 4.90 Å². The zero-order valence-corrected chi connectivity index (χ0v) is 7.25. The molecule has 0 aliphatic heterocycles. The summed E-state index contributed by atoms with van der Waals surface area (Å²) in [4.78, 5) is 22.5. The molecule has 13 heavy (non-hydrogen) atoms. The van der Waals surface area contributed by atoms with Crippen LogP contribution in [-0.4, -0.2) is 34.5 Å². The number of hydrogen-bond donors (Lipinski definition) is 1. The van der Waals surface area contributed by atoms with Crippen LogP contribution < -0.4 is 0 Å². The largest absolute Gasteiger partial charge is 0.480 e. The fraction of sp³-hybridized carbons (Fsp3) is 0.333. The second kappa shape index (κ2) is 3.89. The third-order valence-corrected chi connectivity index (χ3v) is 2.00. The van der Waals surface area contributed by atoms with E-state index in [-0.39, 0.29) is 6.04 Å². The van der Waals surface area contributed by atoms with Crippen molar-refractivity contribution in [2.24, 2.45) is 0 Å². The van der Waals surface area contributed by atoms with Crippen LogP contribution in [0.15, 0.2) is 24.3 Å². The molecule has 0 aromatic heterocycles. The normalized spacial score (nSPS) is 17.3. The molecule has 1 rings (SSSR count). The van der Waals surface area contributed by atoms with Gasteiger partial charge in [0.15, 0.2) is 0 Å². The van der Waals surface area contributed by atoms with Gasteiger partial charge in [0.05, 0.1) is 6.04 Å². The first kappa shape index (κ1) is 9.51. The summed E-state index contributed by atoms with van der Waals surface area (Å²) < 4.78 is 0. The molecule has 1 aliphatic carbocycles. The number of carbonyl (C=O) groups excluding carboxylic acids is 1. The van der Waals surface area contributed by atoms with Crippen molar-refractivity contribution < 1.29 is 14.7 Å². The summed E-state index contributed by atoms with van der Waals surface area (Å²) in [5.41, 5.74) is 0. The molecule has 0 saturated heterocycles. The van der Waals surface area contributed by atoms with Gasteiger partial charge in [0, 0.05) is 0 Å². The number of nitrogens with zero attached hydrogens (tertiary/aromatic N) is 1. The van der Waals surface area contributed by atoms with E-state index >= 15 is 0 Å². The second-order valence-electron chi connectivity index (χ2n) is 2.83. The van der Waals surface area contributed by atoms with Crippen LogP contribution in [-0.2, 0) is 9.59 Å². The summed E-state index contributed by atoms with van der Waals surface area (Å²) in [7, 11) is 0. The molecule has 70 valence electrons. The summed E-state index contributed by atoms with van der Waals surface area (Å²) in [5, 5.41) is 8.70. The van der Waals surface area contributed by atoms with Crippen molar-refractivity contribution in [2.45, 2.75) is 19.0 Å². The van der Waals surface area contributed by atoms with Crippen LogP contribution in [0.2, 0.25) is 0 Å². The Balaban J connectivity index is 2.72. The fourth-order valence-electron chi connectivity index (χ4n) is 1.17. The molecule has 0 bridgehead atoms. The summed E-state index contributed by atoms with van der Waals surface area (Å²) >= 11 is 0. The Bertz CT molecular complexity index is 258. The van der Waals surface area contributed by atoms with Gasteiger partial charge in [-0.2, -0.15) is 0 Å². The molecule has 0 aromatic carbocycles. The maximum Gasteiger partial charge on any atom is 0.326 e. The van der Waals surface area contributed by atoms with Crippen LogP contribution in [0.1, 0.15) is 6.92 Å². The Morgan fingerprint density at radius 3 is 2.46 bits per heavy atom. The monoisotopic (exact) mass is 181 g/mol. The molecule has 4 heteroatoms. The van der Waals surface area contributed by atoms with Gasteiger partial charge >= 0.3 is 5.97 Å². The molecule has 4 nitrogen and oxygen atoms in total. The molecule has 0 spiro atoms.